The van der Waals surface area contributed by atoms with Crippen molar-refractivity contribution in [3.8, 4) is 0 Å². The second-order valence-corrected chi connectivity index (χ2v) is 4.74. The number of hydrogen-bond donors (Lipinski definition) is 3. The molecule has 1 aromatic carbocycles. The number of hydrogen-bond acceptors (Lipinski definition) is 3. The molecule has 5 heteroatoms. The predicted molar refractivity (Wildman–Crippen MR) is 80.7 cm³/mol. The number of carbonyl (C=O) groups is 2. The van der Waals surface area contributed by atoms with E-state index >= 15 is 0 Å². The van der Waals surface area contributed by atoms with E-state index in [-0.39, 0.29) is 17.7 Å². The minimum absolute atomic E-state index is 0.0189. The quantitative estimate of drug-likeness (QED) is 0.414. The van der Waals surface area contributed by atoms with E-state index in [0.29, 0.717) is 18.8 Å². The van der Waals surface area contributed by atoms with Gasteiger partial charge in [-0.3, -0.25) is 9.59 Å². The lowest BCUT2D eigenvalue weighted by atomic mass is 10.2. The smallest absolute Gasteiger partial charge is 0.244 e. The third-order valence-corrected chi connectivity index (χ3v) is 2.59. The van der Waals surface area contributed by atoms with Crippen LogP contribution in [0.15, 0.2) is 30.3 Å². The van der Waals surface area contributed by atoms with Crippen molar-refractivity contribution in [2.24, 2.45) is 5.92 Å². The standard InChI is InChI=1S/C15H21N3O2/c1-11(2)15(20)18-9-8-17-14(19)7-6-12-4-3-5-13(16)10-12/h3-7,10-11H,8-9,16H2,1-2H3,(H,17,19)(H,18,20)/b7-6+. The van der Waals surface area contributed by atoms with Gasteiger partial charge in [-0.15, -0.1) is 0 Å². The highest BCUT2D eigenvalue weighted by Crippen LogP contribution is 2.07. The summed E-state index contributed by atoms with van der Waals surface area (Å²) < 4.78 is 0. The number of amides is 2. The van der Waals surface area contributed by atoms with Crippen LogP contribution in [-0.2, 0) is 9.59 Å². The number of nitrogen functional groups attached to an aromatic ring is 1. The van der Waals surface area contributed by atoms with E-state index in [2.05, 4.69) is 10.6 Å². The van der Waals surface area contributed by atoms with E-state index in [9.17, 15) is 9.59 Å². The fraction of sp³-hybridized carbons (Fsp3) is 0.333. The summed E-state index contributed by atoms with van der Waals surface area (Å²) in [5.41, 5.74) is 7.17. The van der Waals surface area contributed by atoms with Crippen LogP contribution < -0.4 is 16.4 Å². The molecular formula is C15H21N3O2. The first-order valence-electron chi connectivity index (χ1n) is 6.58. The highest BCUT2D eigenvalue weighted by atomic mass is 16.2. The normalized spacial score (nSPS) is 10.8. The van der Waals surface area contributed by atoms with Crippen LogP contribution in [0.5, 0.6) is 0 Å². The third-order valence-electron chi connectivity index (χ3n) is 2.59. The molecule has 1 aromatic rings. The van der Waals surface area contributed by atoms with Gasteiger partial charge in [-0.2, -0.15) is 0 Å². The SMILES string of the molecule is CC(C)C(=O)NCCNC(=O)/C=C/c1cccc(N)c1. The summed E-state index contributed by atoms with van der Waals surface area (Å²) in [5, 5.41) is 5.41. The maximum absolute atomic E-state index is 11.5. The summed E-state index contributed by atoms with van der Waals surface area (Å²) in [7, 11) is 0. The fourth-order valence-electron chi connectivity index (χ4n) is 1.47. The van der Waals surface area contributed by atoms with Crippen molar-refractivity contribution in [3.63, 3.8) is 0 Å². The van der Waals surface area contributed by atoms with Crippen molar-refractivity contribution in [2.75, 3.05) is 18.8 Å². The summed E-state index contributed by atoms with van der Waals surface area (Å²) >= 11 is 0. The Morgan fingerprint density at radius 2 is 1.95 bits per heavy atom. The summed E-state index contributed by atoms with van der Waals surface area (Å²) in [6.07, 6.45) is 3.14. The number of rotatable bonds is 6. The Labute approximate surface area is 119 Å². The lowest BCUT2D eigenvalue weighted by Gasteiger charge is -2.07. The van der Waals surface area contributed by atoms with Gasteiger partial charge in [0.25, 0.3) is 0 Å². The van der Waals surface area contributed by atoms with Gasteiger partial charge in [0.05, 0.1) is 0 Å². The minimum Gasteiger partial charge on any atom is -0.399 e. The van der Waals surface area contributed by atoms with Crippen molar-refractivity contribution in [1.29, 1.82) is 0 Å². The van der Waals surface area contributed by atoms with Crippen molar-refractivity contribution in [3.05, 3.63) is 35.9 Å². The molecule has 20 heavy (non-hydrogen) atoms. The first-order valence-corrected chi connectivity index (χ1v) is 6.58. The van der Waals surface area contributed by atoms with Crippen LogP contribution in [0.3, 0.4) is 0 Å². The Hall–Kier alpha value is -2.30. The summed E-state index contributed by atoms with van der Waals surface area (Å²) in [6.45, 7) is 4.47. The van der Waals surface area contributed by atoms with Gasteiger partial charge < -0.3 is 16.4 Å². The van der Waals surface area contributed by atoms with Gasteiger partial charge in [0.15, 0.2) is 0 Å². The molecule has 0 atom stereocenters. The highest BCUT2D eigenvalue weighted by molar-refractivity contribution is 5.91. The number of anilines is 1. The number of nitrogens with two attached hydrogens (primary N) is 1. The fourth-order valence-corrected chi connectivity index (χ4v) is 1.47. The van der Waals surface area contributed by atoms with Crippen LogP contribution in [0.1, 0.15) is 19.4 Å². The zero-order valence-corrected chi connectivity index (χ0v) is 11.8. The van der Waals surface area contributed by atoms with Crippen LogP contribution >= 0.6 is 0 Å². The Bertz CT molecular complexity index is 496. The molecule has 1 rings (SSSR count). The van der Waals surface area contributed by atoms with Crippen LogP contribution in [0, 0.1) is 5.92 Å². The van der Waals surface area contributed by atoms with Gasteiger partial charge in [0.2, 0.25) is 11.8 Å². The molecule has 0 bridgehead atoms. The highest BCUT2D eigenvalue weighted by Gasteiger charge is 2.04. The average molecular weight is 275 g/mol. The van der Waals surface area contributed by atoms with Crippen molar-refractivity contribution >= 4 is 23.6 Å². The molecule has 0 unspecified atom stereocenters. The summed E-state index contributed by atoms with van der Waals surface area (Å²) in [4.78, 5) is 22.8. The molecule has 0 spiro atoms. The zero-order chi connectivity index (χ0) is 15.0. The van der Waals surface area contributed by atoms with Crippen molar-refractivity contribution in [1.82, 2.24) is 10.6 Å². The monoisotopic (exact) mass is 275 g/mol. The maximum atomic E-state index is 11.5. The van der Waals surface area contributed by atoms with Crippen LogP contribution in [0.25, 0.3) is 6.08 Å². The van der Waals surface area contributed by atoms with Gasteiger partial charge in [0.1, 0.15) is 0 Å². The summed E-state index contributed by atoms with van der Waals surface area (Å²) in [5.74, 6) is -0.269. The second kappa shape index (κ2) is 7.99. The molecular weight excluding hydrogens is 254 g/mol. The second-order valence-electron chi connectivity index (χ2n) is 4.74. The van der Waals surface area contributed by atoms with E-state index in [0.717, 1.165) is 5.56 Å². The molecule has 0 aromatic heterocycles. The average Bonchev–Trinajstić information content (AvgIpc) is 2.41. The van der Waals surface area contributed by atoms with Gasteiger partial charge in [0, 0.05) is 30.8 Å². The molecule has 0 saturated carbocycles. The molecule has 108 valence electrons. The maximum Gasteiger partial charge on any atom is 0.244 e. The molecule has 5 nitrogen and oxygen atoms in total. The third kappa shape index (κ3) is 6.04. The summed E-state index contributed by atoms with van der Waals surface area (Å²) in [6, 6.07) is 7.26. The predicted octanol–water partition coefficient (Wildman–Crippen LogP) is 1.17. The van der Waals surface area contributed by atoms with Crippen LogP contribution in [-0.4, -0.2) is 24.9 Å². The first-order chi connectivity index (χ1) is 9.49. The Morgan fingerprint density at radius 1 is 1.25 bits per heavy atom. The topological polar surface area (TPSA) is 84.2 Å². The number of benzene rings is 1. The molecule has 0 fully saturated rings. The molecule has 4 N–H and O–H groups in total. The van der Waals surface area contributed by atoms with Crippen LogP contribution in [0.2, 0.25) is 0 Å². The molecule has 2 amide bonds. The van der Waals surface area contributed by atoms with Gasteiger partial charge >= 0.3 is 0 Å². The van der Waals surface area contributed by atoms with Crippen LogP contribution in [0.4, 0.5) is 5.69 Å². The molecule has 0 aliphatic rings. The van der Waals surface area contributed by atoms with Crippen molar-refractivity contribution < 1.29 is 9.59 Å². The Kier molecular flexibility index (Phi) is 6.29. The zero-order valence-electron chi connectivity index (χ0n) is 11.8. The Balaban J connectivity index is 2.28. The lowest BCUT2D eigenvalue weighted by Crippen LogP contribution is -2.35. The Morgan fingerprint density at radius 3 is 2.60 bits per heavy atom. The van der Waals surface area contributed by atoms with E-state index in [1.54, 1.807) is 18.2 Å². The number of carbonyl (C=O) groups excluding carboxylic acids is 2. The molecule has 0 radical (unpaired) electrons. The van der Waals surface area contributed by atoms with E-state index in [1.165, 1.54) is 6.08 Å². The van der Waals surface area contributed by atoms with Gasteiger partial charge in [-0.25, -0.2) is 0 Å². The van der Waals surface area contributed by atoms with Crippen molar-refractivity contribution in [2.45, 2.75) is 13.8 Å². The van der Waals surface area contributed by atoms with Gasteiger partial charge in [-0.05, 0) is 23.8 Å². The van der Waals surface area contributed by atoms with E-state index in [1.807, 2.05) is 26.0 Å². The molecule has 0 heterocycles. The molecule has 0 saturated heterocycles. The van der Waals surface area contributed by atoms with E-state index < -0.39 is 0 Å². The molecule has 0 aliphatic heterocycles. The largest absolute Gasteiger partial charge is 0.399 e. The lowest BCUT2D eigenvalue weighted by molar-refractivity contribution is -0.124. The first kappa shape index (κ1) is 15.8. The molecule has 0 aliphatic carbocycles. The van der Waals surface area contributed by atoms with Gasteiger partial charge in [-0.1, -0.05) is 26.0 Å². The van der Waals surface area contributed by atoms with E-state index in [4.69, 9.17) is 5.73 Å². The number of nitrogens with one attached hydrogen (secondary N) is 2. The minimum atomic E-state index is -0.203.